The number of aryl methyl sites for hydroxylation is 1. The Morgan fingerprint density at radius 2 is 1.83 bits per heavy atom. The highest BCUT2D eigenvalue weighted by atomic mass is 127. The number of anilines is 2. The van der Waals surface area contributed by atoms with Crippen molar-refractivity contribution in [2.24, 2.45) is 10.7 Å². The van der Waals surface area contributed by atoms with E-state index in [1.807, 2.05) is 24.3 Å². The average Bonchev–Trinajstić information content (AvgIpc) is 3.06. The zero-order chi connectivity index (χ0) is 19.6. The largest absolute Gasteiger partial charge is 0.370 e. The smallest absolute Gasteiger partial charge is 0.235 e. The highest BCUT2D eigenvalue weighted by Crippen LogP contribution is 2.28. The molecule has 1 heterocycles. The first kappa shape index (κ1) is 21.9. The molecule has 1 fully saturated rings. The van der Waals surface area contributed by atoms with Gasteiger partial charge in [0.05, 0.1) is 18.0 Å². The summed E-state index contributed by atoms with van der Waals surface area (Å²) in [6.45, 7) is 0.999. The summed E-state index contributed by atoms with van der Waals surface area (Å²) >= 11 is 0. The summed E-state index contributed by atoms with van der Waals surface area (Å²) in [6.07, 6.45) is 5.34. The van der Waals surface area contributed by atoms with Crippen molar-refractivity contribution in [1.82, 2.24) is 0 Å². The van der Waals surface area contributed by atoms with Crippen molar-refractivity contribution >= 4 is 51.3 Å². The number of nitrogens with one attached hydrogen (secondary N) is 1. The number of nitrogens with two attached hydrogens (primary N) is 1. The van der Waals surface area contributed by atoms with Gasteiger partial charge in [0.1, 0.15) is 0 Å². The lowest BCUT2D eigenvalue weighted by Gasteiger charge is -2.19. The fourth-order valence-electron chi connectivity index (χ4n) is 3.95. The minimum absolute atomic E-state index is 0. The normalized spacial score (nSPS) is 18.1. The van der Waals surface area contributed by atoms with E-state index in [1.54, 1.807) is 0 Å². The van der Waals surface area contributed by atoms with Crippen LogP contribution in [0.15, 0.2) is 47.5 Å². The molecule has 0 aromatic heterocycles. The molecule has 1 aliphatic carbocycles. The third-order valence-corrected chi connectivity index (χ3v) is 7.28. The number of aliphatic imine (C=N–C) groups is 1. The molecule has 1 aliphatic heterocycles. The van der Waals surface area contributed by atoms with E-state index in [0.717, 1.165) is 24.1 Å². The fraction of sp³-hybridized carbons (Fsp3) is 0.381. The molecular formula is C21H27IN4O2S. The molecule has 29 heavy (non-hydrogen) atoms. The van der Waals surface area contributed by atoms with Crippen LogP contribution in [0.4, 0.5) is 11.4 Å². The maximum atomic E-state index is 12.0. The van der Waals surface area contributed by atoms with E-state index in [1.165, 1.54) is 28.3 Å². The van der Waals surface area contributed by atoms with Gasteiger partial charge < -0.3 is 11.1 Å². The fourth-order valence-corrected chi connectivity index (χ4v) is 5.51. The lowest BCUT2D eigenvalue weighted by Crippen LogP contribution is -2.25. The van der Waals surface area contributed by atoms with Gasteiger partial charge in [-0.25, -0.2) is 13.4 Å². The molecule has 2 aromatic carbocycles. The van der Waals surface area contributed by atoms with Crippen LogP contribution in [0, 0.1) is 0 Å². The lowest BCUT2D eigenvalue weighted by molar-refractivity contribution is 0.599. The van der Waals surface area contributed by atoms with Crippen LogP contribution in [0.5, 0.6) is 0 Å². The van der Waals surface area contributed by atoms with E-state index in [-0.39, 0.29) is 29.7 Å². The Balaban J connectivity index is 0.00000240. The van der Waals surface area contributed by atoms with E-state index in [2.05, 4.69) is 28.5 Å². The molecule has 2 aromatic rings. The summed E-state index contributed by atoms with van der Waals surface area (Å²) < 4.78 is 25.5. The van der Waals surface area contributed by atoms with Crippen molar-refractivity contribution < 1.29 is 8.42 Å². The van der Waals surface area contributed by atoms with Crippen LogP contribution in [0.25, 0.3) is 0 Å². The Hall–Kier alpha value is -1.81. The SMILES string of the molecule is I.NC(=NCc1ccc(N2CCCS2(=O)=O)cc1)Nc1cccc2c1CCCC2. The quantitative estimate of drug-likeness (QED) is 0.362. The zero-order valence-corrected chi connectivity index (χ0v) is 19.4. The molecule has 2 aliphatic rings. The molecule has 3 N–H and O–H groups in total. The number of fused-ring (bicyclic) bond motifs is 1. The first-order valence-electron chi connectivity index (χ1n) is 9.80. The third-order valence-electron chi connectivity index (χ3n) is 5.41. The van der Waals surface area contributed by atoms with Crippen molar-refractivity contribution in [1.29, 1.82) is 0 Å². The number of guanidine groups is 1. The Kier molecular flexibility index (Phi) is 7.05. The number of sulfonamides is 1. The molecule has 156 valence electrons. The van der Waals surface area contributed by atoms with E-state index < -0.39 is 10.0 Å². The number of halogens is 1. The number of hydrogen-bond acceptors (Lipinski definition) is 3. The lowest BCUT2D eigenvalue weighted by atomic mass is 9.90. The van der Waals surface area contributed by atoms with Crippen LogP contribution in [-0.4, -0.2) is 26.7 Å². The van der Waals surface area contributed by atoms with Gasteiger partial charge in [-0.05, 0) is 67.0 Å². The first-order valence-corrected chi connectivity index (χ1v) is 11.4. The Labute approximate surface area is 189 Å². The topological polar surface area (TPSA) is 87.8 Å². The van der Waals surface area contributed by atoms with Crippen molar-refractivity contribution in [2.75, 3.05) is 21.9 Å². The maximum Gasteiger partial charge on any atom is 0.235 e. The highest BCUT2D eigenvalue weighted by molar-refractivity contribution is 14.0. The number of hydrogen-bond donors (Lipinski definition) is 2. The molecule has 0 bridgehead atoms. The standard InChI is InChI=1S/C21H26N4O2S.HI/c22-21(24-20-8-3-6-17-5-1-2-7-19(17)20)23-15-16-9-11-18(12-10-16)25-13-4-14-28(25,26)27;/h3,6,8-12H,1-2,4-5,7,13-15H2,(H3,22,23,24);1H. The van der Waals surface area contributed by atoms with Gasteiger partial charge in [0.15, 0.2) is 5.96 Å². The summed E-state index contributed by atoms with van der Waals surface area (Å²) in [4.78, 5) is 4.45. The van der Waals surface area contributed by atoms with Crippen LogP contribution in [0.2, 0.25) is 0 Å². The predicted octanol–water partition coefficient (Wildman–Crippen LogP) is 3.65. The van der Waals surface area contributed by atoms with Crippen molar-refractivity contribution in [3.8, 4) is 0 Å². The molecule has 1 saturated heterocycles. The minimum atomic E-state index is -3.15. The second kappa shape index (κ2) is 9.34. The number of nitrogens with zero attached hydrogens (tertiary/aromatic N) is 2. The number of benzene rings is 2. The summed E-state index contributed by atoms with van der Waals surface area (Å²) in [5.74, 6) is 0.620. The van der Waals surface area contributed by atoms with Crippen LogP contribution >= 0.6 is 24.0 Å². The molecule has 4 rings (SSSR count). The first-order chi connectivity index (χ1) is 13.5. The van der Waals surface area contributed by atoms with E-state index in [0.29, 0.717) is 31.2 Å². The molecule has 0 unspecified atom stereocenters. The molecule has 0 saturated carbocycles. The van der Waals surface area contributed by atoms with Gasteiger partial charge in [0.2, 0.25) is 10.0 Å². The van der Waals surface area contributed by atoms with Gasteiger partial charge in [0.25, 0.3) is 0 Å². The molecule has 0 amide bonds. The summed E-state index contributed by atoms with van der Waals surface area (Å²) in [5.41, 5.74) is 11.6. The second-order valence-electron chi connectivity index (χ2n) is 7.38. The Morgan fingerprint density at radius 3 is 2.55 bits per heavy atom. The molecular weight excluding hydrogens is 499 g/mol. The third kappa shape index (κ3) is 5.03. The van der Waals surface area contributed by atoms with E-state index in [4.69, 9.17) is 5.73 Å². The van der Waals surface area contributed by atoms with Gasteiger partial charge in [0, 0.05) is 12.2 Å². The second-order valence-corrected chi connectivity index (χ2v) is 9.40. The summed E-state index contributed by atoms with van der Waals surface area (Å²) in [5, 5.41) is 3.25. The van der Waals surface area contributed by atoms with Crippen LogP contribution in [-0.2, 0) is 29.4 Å². The van der Waals surface area contributed by atoms with Gasteiger partial charge in [-0.3, -0.25) is 4.31 Å². The van der Waals surface area contributed by atoms with Crippen molar-refractivity contribution in [3.05, 3.63) is 59.2 Å². The van der Waals surface area contributed by atoms with Crippen molar-refractivity contribution in [3.63, 3.8) is 0 Å². The Bertz CT molecular complexity index is 990. The highest BCUT2D eigenvalue weighted by Gasteiger charge is 2.28. The van der Waals surface area contributed by atoms with Gasteiger partial charge >= 0.3 is 0 Å². The van der Waals surface area contributed by atoms with Crippen LogP contribution < -0.4 is 15.4 Å². The van der Waals surface area contributed by atoms with Crippen LogP contribution in [0.1, 0.15) is 36.0 Å². The minimum Gasteiger partial charge on any atom is -0.370 e. The Morgan fingerprint density at radius 1 is 1.07 bits per heavy atom. The van der Waals surface area contributed by atoms with Gasteiger partial charge in [-0.1, -0.05) is 24.3 Å². The summed E-state index contributed by atoms with van der Waals surface area (Å²) in [6, 6.07) is 13.8. The molecule has 0 spiro atoms. The van der Waals surface area contributed by atoms with Crippen LogP contribution in [0.3, 0.4) is 0 Å². The van der Waals surface area contributed by atoms with Crippen molar-refractivity contribution in [2.45, 2.75) is 38.6 Å². The molecule has 6 nitrogen and oxygen atoms in total. The number of rotatable bonds is 4. The average molecular weight is 526 g/mol. The van der Waals surface area contributed by atoms with E-state index in [9.17, 15) is 8.42 Å². The van der Waals surface area contributed by atoms with Gasteiger partial charge in [-0.2, -0.15) is 0 Å². The summed E-state index contributed by atoms with van der Waals surface area (Å²) in [7, 11) is -3.15. The molecule has 0 atom stereocenters. The predicted molar refractivity (Wildman–Crippen MR) is 130 cm³/mol. The molecule has 0 radical (unpaired) electrons. The maximum absolute atomic E-state index is 12.0. The monoisotopic (exact) mass is 526 g/mol. The zero-order valence-electron chi connectivity index (χ0n) is 16.3. The van der Waals surface area contributed by atoms with E-state index >= 15 is 0 Å². The molecule has 8 heteroatoms. The van der Waals surface area contributed by atoms with Gasteiger partial charge in [-0.15, -0.1) is 24.0 Å².